The number of carbonyl (C=O) groups is 3. The van der Waals surface area contributed by atoms with Gasteiger partial charge < -0.3 is 24.4 Å². The molecular weight excluding hydrogens is 506 g/mol. The van der Waals surface area contributed by atoms with Crippen LogP contribution in [-0.4, -0.2) is 119 Å². The van der Waals surface area contributed by atoms with E-state index < -0.39 is 22.6 Å². The van der Waals surface area contributed by atoms with E-state index in [4.69, 9.17) is 9.47 Å². The van der Waals surface area contributed by atoms with Gasteiger partial charge in [-0.1, -0.05) is 12.2 Å². The lowest BCUT2D eigenvalue weighted by Crippen LogP contribution is -2.56. The SMILES string of the molecule is C=CCCCCOC(=O)[C@@H]1[C@H]2C(=O)N(CCCO)C(C(=O)N(CC=C)CCN3CCOCC3)C23CC[C@H]1S3. The van der Waals surface area contributed by atoms with Crippen LogP contribution in [0.15, 0.2) is 25.3 Å². The maximum absolute atomic E-state index is 14.2. The molecule has 2 unspecified atom stereocenters. The first kappa shape index (κ1) is 29.1. The summed E-state index contributed by atoms with van der Waals surface area (Å²) in [7, 11) is 0. The van der Waals surface area contributed by atoms with Gasteiger partial charge in [-0.2, -0.15) is 0 Å². The number of nitrogens with zero attached hydrogens (tertiary/aromatic N) is 3. The van der Waals surface area contributed by atoms with Crippen LogP contribution in [0.5, 0.6) is 0 Å². The van der Waals surface area contributed by atoms with Crippen LogP contribution in [0.25, 0.3) is 0 Å². The molecule has 2 amide bonds. The summed E-state index contributed by atoms with van der Waals surface area (Å²) in [5, 5.41) is 9.53. The second kappa shape index (κ2) is 13.5. The molecule has 1 spiro atoms. The van der Waals surface area contributed by atoms with E-state index in [-0.39, 0.29) is 29.6 Å². The van der Waals surface area contributed by atoms with Gasteiger partial charge in [-0.05, 0) is 38.5 Å². The van der Waals surface area contributed by atoms with Gasteiger partial charge in [-0.25, -0.2) is 0 Å². The molecule has 0 aromatic rings. The fraction of sp³-hybridized carbons (Fsp3) is 0.750. The van der Waals surface area contributed by atoms with Gasteiger partial charge in [0, 0.05) is 51.1 Å². The largest absolute Gasteiger partial charge is 0.465 e. The Labute approximate surface area is 230 Å². The molecule has 4 fully saturated rings. The molecule has 0 aromatic heterocycles. The molecule has 4 rings (SSSR count). The minimum atomic E-state index is -0.656. The highest BCUT2D eigenvalue weighted by Crippen LogP contribution is 2.66. The molecule has 0 radical (unpaired) electrons. The number of allylic oxidation sites excluding steroid dienone is 1. The number of likely N-dealkylation sites (tertiary alicyclic amines) is 1. The average molecular weight is 550 g/mol. The first-order valence-electron chi connectivity index (χ1n) is 14.0. The third-order valence-corrected chi connectivity index (χ3v) is 10.3. The van der Waals surface area contributed by atoms with Gasteiger partial charge in [0.05, 0.1) is 36.4 Å². The number of carbonyl (C=O) groups excluding carboxylic acids is 3. The summed E-state index contributed by atoms with van der Waals surface area (Å²) in [5.74, 6) is -1.64. The van der Waals surface area contributed by atoms with Gasteiger partial charge in [0.25, 0.3) is 0 Å². The van der Waals surface area contributed by atoms with Crippen LogP contribution in [-0.2, 0) is 23.9 Å². The van der Waals surface area contributed by atoms with Gasteiger partial charge in [0.2, 0.25) is 11.8 Å². The Morgan fingerprint density at radius 2 is 1.97 bits per heavy atom. The number of morpholine rings is 1. The standard InChI is InChI=1S/C28H43N3O6S/c1-3-5-6-7-18-37-27(35)22-21-9-10-28(38-21)23(22)25(33)31(12-8-17-32)24(28)26(34)30(11-4-2)14-13-29-15-19-36-20-16-29/h3-4,21-24,32H,1-2,5-20H2/t21-,22+,23+,24?,28?/m1/s1. The van der Waals surface area contributed by atoms with E-state index in [1.807, 2.05) is 11.0 Å². The summed E-state index contributed by atoms with van der Waals surface area (Å²) < 4.78 is 10.5. The monoisotopic (exact) mass is 549 g/mol. The van der Waals surface area contributed by atoms with Gasteiger partial charge in [-0.3, -0.25) is 19.3 Å². The highest BCUT2D eigenvalue weighted by molar-refractivity contribution is 8.02. The molecule has 4 aliphatic rings. The zero-order chi connectivity index (χ0) is 27.1. The van der Waals surface area contributed by atoms with Crippen molar-refractivity contribution < 1.29 is 29.0 Å². The van der Waals surface area contributed by atoms with Gasteiger partial charge >= 0.3 is 5.97 Å². The summed E-state index contributed by atoms with van der Waals surface area (Å²) >= 11 is 1.65. The van der Waals surface area contributed by atoms with Crippen LogP contribution in [0, 0.1) is 11.8 Å². The molecule has 1 N–H and O–H groups in total. The van der Waals surface area contributed by atoms with Crippen molar-refractivity contribution in [2.24, 2.45) is 11.8 Å². The lowest BCUT2D eigenvalue weighted by Gasteiger charge is -2.38. The molecule has 5 atom stereocenters. The van der Waals surface area contributed by atoms with Crippen molar-refractivity contribution in [3.63, 3.8) is 0 Å². The van der Waals surface area contributed by atoms with E-state index in [9.17, 15) is 19.5 Å². The normalized spacial score (nSPS) is 30.3. The molecule has 0 saturated carbocycles. The molecule has 2 bridgehead atoms. The maximum Gasteiger partial charge on any atom is 0.310 e. The Balaban J connectivity index is 1.53. The summed E-state index contributed by atoms with van der Waals surface area (Å²) in [5.41, 5.74) is 0. The highest BCUT2D eigenvalue weighted by atomic mass is 32.2. The van der Waals surface area contributed by atoms with E-state index in [1.54, 1.807) is 22.7 Å². The molecule has 0 aromatic carbocycles. The van der Waals surface area contributed by atoms with Crippen molar-refractivity contribution in [3.05, 3.63) is 25.3 Å². The number of ether oxygens (including phenoxy) is 2. The molecule has 9 nitrogen and oxygen atoms in total. The highest BCUT2D eigenvalue weighted by Gasteiger charge is 2.74. The molecule has 10 heteroatoms. The molecule has 0 aliphatic carbocycles. The van der Waals surface area contributed by atoms with Gasteiger partial charge in [-0.15, -0.1) is 24.9 Å². The number of aliphatic hydroxyl groups excluding tert-OH is 1. The van der Waals surface area contributed by atoms with Crippen LogP contribution in [0.3, 0.4) is 0 Å². The Hall–Kier alpha value is -1.88. The number of fused-ring (bicyclic) bond motifs is 1. The van der Waals surface area contributed by atoms with Crippen molar-refractivity contribution in [1.82, 2.24) is 14.7 Å². The number of thioether (sulfide) groups is 1. The number of esters is 1. The van der Waals surface area contributed by atoms with E-state index in [2.05, 4.69) is 18.1 Å². The van der Waals surface area contributed by atoms with Crippen molar-refractivity contribution >= 4 is 29.5 Å². The average Bonchev–Trinajstić information content (AvgIpc) is 3.57. The van der Waals surface area contributed by atoms with Crippen LogP contribution >= 0.6 is 11.8 Å². The molecule has 4 heterocycles. The minimum absolute atomic E-state index is 0.0129. The molecule has 4 aliphatic heterocycles. The summed E-state index contributed by atoms with van der Waals surface area (Å²) in [6.45, 7) is 12.9. The van der Waals surface area contributed by atoms with Crippen LogP contribution in [0.1, 0.15) is 38.5 Å². The second-order valence-electron chi connectivity index (χ2n) is 10.6. The predicted molar refractivity (Wildman–Crippen MR) is 147 cm³/mol. The van der Waals surface area contributed by atoms with Crippen molar-refractivity contribution in [2.45, 2.75) is 54.6 Å². The maximum atomic E-state index is 14.2. The molecule has 4 saturated heterocycles. The predicted octanol–water partition coefficient (Wildman–Crippen LogP) is 1.71. The lowest BCUT2D eigenvalue weighted by molar-refractivity contribution is -0.154. The lowest BCUT2D eigenvalue weighted by atomic mass is 9.71. The third-order valence-electron chi connectivity index (χ3n) is 8.36. The van der Waals surface area contributed by atoms with Crippen LogP contribution < -0.4 is 0 Å². The molecule has 38 heavy (non-hydrogen) atoms. The molecular formula is C28H43N3O6S. The fourth-order valence-corrected chi connectivity index (χ4v) is 8.75. The van der Waals surface area contributed by atoms with Gasteiger partial charge in [0.1, 0.15) is 6.04 Å². The zero-order valence-electron chi connectivity index (χ0n) is 22.4. The van der Waals surface area contributed by atoms with Crippen molar-refractivity contribution in [3.8, 4) is 0 Å². The Morgan fingerprint density at radius 1 is 1.18 bits per heavy atom. The Kier molecular flexibility index (Phi) is 10.3. The Morgan fingerprint density at radius 3 is 2.68 bits per heavy atom. The third kappa shape index (κ3) is 5.83. The first-order valence-corrected chi connectivity index (χ1v) is 14.9. The minimum Gasteiger partial charge on any atom is -0.465 e. The van der Waals surface area contributed by atoms with E-state index in [0.717, 1.165) is 51.7 Å². The first-order chi connectivity index (χ1) is 18.5. The number of rotatable bonds is 15. The molecule has 212 valence electrons. The number of amides is 2. The quantitative estimate of drug-likeness (QED) is 0.187. The van der Waals surface area contributed by atoms with E-state index in [0.29, 0.717) is 45.9 Å². The zero-order valence-corrected chi connectivity index (χ0v) is 23.2. The fourth-order valence-electron chi connectivity index (χ4n) is 6.55. The van der Waals surface area contributed by atoms with Crippen molar-refractivity contribution in [2.75, 3.05) is 65.7 Å². The summed E-state index contributed by atoms with van der Waals surface area (Å²) in [6, 6.07) is -0.656. The van der Waals surface area contributed by atoms with Crippen LogP contribution in [0.4, 0.5) is 0 Å². The van der Waals surface area contributed by atoms with E-state index >= 15 is 0 Å². The number of unbranched alkanes of at least 4 members (excludes halogenated alkanes) is 2. The van der Waals surface area contributed by atoms with Crippen molar-refractivity contribution in [1.29, 1.82) is 0 Å². The van der Waals surface area contributed by atoms with Gasteiger partial charge in [0.15, 0.2) is 0 Å². The number of hydrogen-bond donors (Lipinski definition) is 1. The van der Waals surface area contributed by atoms with E-state index in [1.165, 1.54) is 0 Å². The topological polar surface area (TPSA) is 99.6 Å². The number of hydrogen-bond acceptors (Lipinski definition) is 8. The second-order valence-corrected chi connectivity index (χ2v) is 12.2. The Bertz CT molecular complexity index is 881. The summed E-state index contributed by atoms with van der Waals surface area (Å²) in [4.78, 5) is 47.2. The smallest absolute Gasteiger partial charge is 0.310 e. The van der Waals surface area contributed by atoms with Crippen LogP contribution in [0.2, 0.25) is 0 Å². The number of aliphatic hydroxyl groups is 1. The summed E-state index contributed by atoms with van der Waals surface area (Å²) in [6.07, 6.45) is 8.02.